The molecule has 1 saturated heterocycles. The number of hydrogen-bond acceptors (Lipinski definition) is 5. The van der Waals surface area contributed by atoms with Crippen LogP contribution in [0.5, 0.6) is 0 Å². The molecule has 1 fully saturated rings. The molecule has 0 aliphatic carbocycles. The molecule has 2 rings (SSSR count). The lowest BCUT2D eigenvalue weighted by atomic mass is 10.2. The minimum Gasteiger partial charge on any atom is -0.394 e. The van der Waals surface area contributed by atoms with Gasteiger partial charge in [0.2, 0.25) is 0 Å². The highest BCUT2D eigenvalue weighted by molar-refractivity contribution is 5.61. The topological polar surface area (TPSA) is 95.2 Å². The first-order valence-corrected chi connectivity index (χ1v) is 4.94. The van der Waals surface area contributed by atoms with Gasteiger partial charge in [-0.15, -0.1) is 0 Å². The molecular formula is C9H14N4O2. The zero-order valence-corrected chi connectivity index (χ0v) is 8.31. The Bertz CT molecular complexity index is 403. The molecule has 1 atom stereocenters. The van der Waals surface area contributed by atoms with Gasteiger partial charge in [-0.1, -0.05) is 0 Å². The Labute approximate surface area is 86.7 Å². The van der Waals surface area contributed by atoms with Crippen molar-refractivity contribution in [2.45, 2.75) is 18.9 Å². The smallest absolute Gasteiger partial charge is 0.276 e. The van der Waals surface area contributed by atoms with Gasteiger partial charge in [0, 0.05) is 6.54 Å². The number of nitrogens with zero attached hydrogens (tertiary/aromatic N) is 2. The Morgan fingerprint density at radius 1 is 1.73 bits per heavy atom. The molecular weight excluding hydrogens is 196 g/mol. The molecule has 0 radical (unpaired) electrons. The van der Waals surface area contributed by atoms with E-state index in [4.69, 9.17) is 10.8 Å². The maximum atomic E-state index is 11.3. The molecule has 0 amide bonds. The summed E-state index contributed by atoms with van der Waals surface area (Å²) >= 11 is 0. The van der Waals surface area contributed by atoms with Gasteiger partial charge in [0.1, 0.15) is 5.69 Å². The zero-order valence-electron chi connectivity index (χ0n) is 8.31. The largest absolute Gasteiger partial charge is 0.394 e. The van der Waals surface area contributed by atoms with Gasteiger partial charge in [0.15, 0.2) is 5.82 Å². The van der Waals surface area contributed by atoms with Crippen LogP contribution in [0.15, 0.2) is 11.1 Å². The van der Waals surface area contributed by atoms with Crippen LogP contribution in [0.1, 0.15) is 12.8 Å². The van der Waals surface area contributed by atoms with Crippen molar-refractivity contribution in [2.75, 3.05) is 23.8 Å². The average molecular weight is 210 g/mol. The first-order valence-electron chi connectivity index (χ1n) is 4.94. The summed E-state index contributed by atoms with van der Waals surface area (Å²) in [5, 5.41) is 9.16. The van der Waals surface area contributed by atoms with Crippen LogP contribution >= 0.6 is 0 Å². The van der Waals surface area contributed by atoms with E-state index in [9.17, 15) is 4.79 Å². The second-order valence-corrected chi connectivity index (χ2v) is 3.64. The third kappa shape index (κ3) is 1.68. The molecule has 0 aromatic carbocycles. The fourth-order valence-electron chi connectivity index (χ4n) is 1.93. The summed E-state index contributed by atoms with van der Waals surface area (Å²) in [4.78, 5) is 19.6. The SMILES string of the molecule is Nc1c(N2CCCC2CO)nc[nH]c1=O. The van der Waals surface area contributed by atoms with E-state index >= 15 is 0 Å². The van der Waals surface area contributed by atoms with E-state index in [-0.39, 0.29) is 23.9 Å². The molecule has 6 heteroatoms. The van der Waals surface area contributed by atoms with Gasteiger partial charge < -0.3 is 20.7 Å². The molecule has 15 heavy (non-hydrogen) atoms. The van der Waals surface area contributed by atoms with E-state index in [1.165, 1.54) is 6.33 Å². The van der Waals surface area contributed by atoms with E-state index in [0.717, 1.165) is 19.4 Å². The Morgan fingerprint density at radius 2 is 2.53 bits per heavy atom. The number of aromatic nitrogens is 2. The number of nitrogens with one attached hydrogen (secondary N) is 1. The van der Waals surface area contributed by atoms with Crippen LogP contribution in [-0.4, -0.2) is 34.3 Å². The van der Waals surface area contributed by atoms with Gasteiger partial charge in [0.25, 0.3) is 5.56 Å². The van der Waals surface area contributed by atoms with Crippen LogP contribution < -0.4 is 16.2 Å². The minimum atomic E-state index is -0.330. The number of aromatic amines is 1. The highest BCUT2D eigenvalue weighted by atomic mass is 16.3. The summed E-state index contributed by atoms with van der Waals surface area (Å²) in [5.74, 6) is 0.482. The molecule has 1 aromatic heterocycles. The second-order valence-electron chi connectivity index (χ2n) is 3.64. The normalized spacial score (nSPS) is 20.9. The Morgan fingerprint density at radius 3 is 3.27 bits per heavy atom. The maximum Gasteiger partial charge on any atom is 0.276 e. The fraction of sp³-hybridized carbons (Fsp3) is 0.556. The van der Waals surface area contributed by atoms with Crippen LogP contribution in [0.2, 0.25) is 0 Å². The number of anilines is 2. The summed E-state index contributed by atoms with van der Waals surface area (Å²) < 4.78 is 0. The van der Waals surface area contributed by atoms with E-state index in [1.807, 2.05) is 4.90 Å². The van der Waals surface area contributed by atoms with Gasteiger partial charge in [-0.2, -0.15) is 0 Å². The Hall–Kier alpha value is -1.56. The predicted octanol–water partition coefficient (Wildman–Crippen LogP) is -0.687. The van der Waals surface area contributed by atoms with E-state index in [1.54, 1.807) is 0 Å². The van der Waals surface area contributed by atoms with Crippen molar-refractivity contribution in [3.63, 3.8) is 0 Å². The van der Waals surface area contributed by atoms with Crippen LogP contribution in [0.25, 0.3) is 0 Å². The molecule has 1 aliphatic rings. The van der Waals surface area contributed by atoms with Crippen molar-refractivity contribution in [3.8, 4) is 0 Å². The Kier molecular flexibility index (Phi) is 2.59. The minimum absolute atomic E-state index is 0.0293. The van der Waals surface area contributed by atoms with Crippen molar-refractivity contribution in [1.29, 1.82) is 0 Å². The number of H-pyrrole nitrogens is 1. The molecule has 4 N–H and O–H groups in total. The highest BCUT2D eigenvalue weighted by Crippen LogP contribution is 2.25. The van der Waals surface area contributed by atoms with Gasteiger partial charge in [-0.25, -0.2) is 4.98 Å². The van der Waals surface area contributed by atoms with E-state index < -0.39 is 0 Å². The maximum absolute atomic E-state index is 11.3. The molecule has 82 valence electrons. The van der Waals surface area contributed by atoms with Gasteiger partial charge in [-0.05, 0) is 12.8 Å². The van der Waals surface area contributed by atoms with Crippen LogP contribution in [0, 0.1) is 0 Å². The zero-order chi connectivity index (χ0) is 10.8. The number of aliphatic hydroxyl groups excluding tert-OH is 1. The summed E-state index contributed by atoms with van der Waals surface area (Å²) in [6.07, 6.45) is 3.23. The van der Waals surface area contributed by atoms with E-state index in [2.05, 4.69) is 9.97 Å². The first kappa shape index (κ1) is 9.97. The van der Waals surface area contributed by atoms with E-state index in [0.29, 0.717) is 5.82 Å². The summed E-state index contributed by atoms with van der Waals surface area (Å²) in [7, 11) is 0. The quantitative estimate of drug-likeness (QED) is 0.600. The second kappa shape index (κ2) is 3.90. The van der Waals surface area contributed by atoms with Crippen molar-refractivity contribution in [1.82, 2.24) is 9.97 Å². The average Bonchev–Trinajstić information content (AvgIpc) is 2.70. The summed E-state index contributed by atoms with van der Waals surface area (Å²) in [6, 6.07) is 0.0293. The van der Waals surface area contributed by atoms with Gasteiger partial charge in [0.05, 0.1) is 19.0 Å². The van der Waals surface area contributed by atoms with Crippen molar-refractivity contribution in [2.24, 2.45) is 0 Å². The molecule has 0 saturated carbocycles. The van der Waals surface area contributed by atoms with Crippen molar-refractivity contribution < 1.29 is 5.11 Å². The number of nitrogens with two attached hydrogens (primary N) is 1. The van der Waals surface area contributed by atoms with Gasteiger partial charge in [-0.3, -0.25) is 4.79 Å². The first-order chi connectivity index (χ1) is 7.24. The molecule has 1 unspecified atom stereocenters. The van der Waals surface area contributed by atoms with Crippen LogP contribution in [-0.2, 0) is 0 Å². The van der Waals surface area contributed by atoms with Crippen LogP contribution in [0.4, 0.5) is 11.5 Å². The summed E-state index contributed by atoms with van der Waals surface area (Å²) in [6.45, 7) is 0.847. The highest BCUT2D eigenvalue weighted by Gasteiger charge is 2.26. The molecule has 6 nitrogen and oxygen atoms in total. The molecule has 2 heterocycles. The molecule has 0 spiro atoms. The summed E-state index contributed by atoms with van der Waals surface area (Å²) in [5.41, 5.74) is 5.44. The number of hydrogen-bond donors (Lipinski definition) is 3. The molecule has 0 bridgehead atoms. The number of aliphatic hydroxyl groups is 1. The molecule has 1 aromatic rings. The van der Waals surface area contributed by atoms with Crippen LogP contribution in [0.3, 0.4) is 0 Å². The Balaban J connectivity index is 2.36. The number of rotatable bonds is 2. The predicted molar refractivity (Wildman–Crippen MR) is 56.7 cm³/mol. The lowest BCUT2D eigenvalue weighted by Gasteiger charge is -2.24. The lowest BCUT2D eigenvalue weighted by Crippen LogP contribution is -2.34. The standard InChI is InChI=1S/C9H14N4O2/c10-7-8(11-5-12-9(7)15)13-3-1-2-6(13)4-14/h5-6,14H,1-4,10H2,(H,11,12,15). The molecule has 1 aliphatic heterocycles. The van der Waals surface area contributed by atoms with Gasteiger partial charge >= 0.3 is 0 Å². The van der Waals surface area contributed by atoms with Crippen molar-refractivity contribution in [3.05, 3.63) is 16.7 Å². The third-order valence-electron chi connectivity index (χ3n) is 2.73. The fourth-order valence-corrected chi connectivity index (χ4v) is 1.93. The third-order valence-corrected chi connectivity index (χ3v) is 2.73. The van der Waals surface area contributed by atoms with Crippen molar-refractivity contribution >= 4 is 11.5 Å². The lowest BCUT2D eigenvalue weighted by molar-refractivity contribution is 0.266. The monoisotopic (exact) mass is 210 g/mol. The number of nitrogen functional groups attached to an aromatic ring is 1.